The second-order valence-electron chi connectivity index (χ2n) is 9.51. The maximum Gasteiger partial charge on any atom is 0.241 e. The number of benzene rings is 3. The first kappa shape index (κ1) is 23.1. The third kappa shape index (κ3) is 2.95. The molecule has 36 heavy (non-hydrogen) atoms. The van der Waals surface area contributed by atoms with Crippen LogP contribution in [0.5, 0.6) is 0 Å². The number of carbonyl (C=O) groups is 4. The van der Waals surface area contributed by atoms with E-state index in [1.165, 1.54) is 18.2 Å². The average molecular weight is 520 g/mol. The van der Waals surface area contributed by atoms with Gasteiger partial charge in [0.25, 0.3) is 0 Å². The molecule has 8 heteroatoms. The van der Waals surface area contributed by atoms with Crippen molar-refractivity contribution in [2.24, 2.45) is 11.8 Å². The number of amides is 2. The van der Waals surface area contributed by atoms with Crippen molar-refractivity contribution in [2.75, 3.05) is 4.90 Å². The molecule has 2 heterocycles. The molecule has 0 bridgehead atoms. The van der Waals surface area contributed by atoms with Crippen LogP contribution in [0.4, 0.5) is 5.69 Å². The fourth-order valence-corrected chi connectivity index (χ4v) is 6.38. The summed E-state index contributed by atoms with van der Waals surface area (Å²) in [6.07, 6.45) is -1.10. The first-order valence-electron chi connectivity index (χ1n) is 11.4. The molecule has 2 fully saturated rings. The fraction of sp³-hybridized carbons (Fsp3) is 0.214. The minimum atomic E-state index is -2.15. The maximum atomic E-state index is 14.0. The average Bonchev–Trinajstić information content (AvgIpc) is 3.38. The van der Waals surface area contributed by atoms with Gasteiger partial charge in [-0.3, -0.25) is 19.2 Å². The zero-order valence-corrected chi connectivity index (χ0v) is 20.8. The van der Waals surface area contributed by atoms with E-state index in [2.05, 4.69) is 0 Å². The second-order valence-corrected chi connectivity index (χ2v) is 10.3. The summed E-state index contributed by atoms with van der Waals surface area (Å²) in [4.78, 5) is 56.7. The lowest BCUT2D eigenvalue weighted by Crippen LogP contribution is -2.51. The van der Waals surface area contributed by atoms with Crippen LogP contribution < -0.4 is 4.90 Å². The number of carbonyl (C=O) groups excluding carboxylic acids is 4. The molecule has 0 aromatic heterocycles. The van der Waals surface area contributed by atoms with Crippen LogP contribution in [0.15, 0.2) is 60.7 Å². The molecule has 2 aliphatic heterocycles. The molecule has 3 aromatic rings. The molecule has 1 spiro atoms. The van der Waals surface area contributed by atoms with Crippen molar-refractivity contribution in [1.82, 2.24) is 0 Å². The quantitative estimate of drug-likeness (QED) is 0.338. The lowest BCUT2D eigenvalue weighted by Gasteiger charge is -2.27. The van der Waals surface area contributed by atoms with Gasteiger partial charge in [0.15, 0.2) is 0 Å². The van der Waals surface area contributed by atoms with Gasteiger partial charge in [0.1, 0.15) is 0 Å². The van der Waals surface area contributed by atoms with Crippen LogP contribution in [-0.4, -0.2) is 29.0 Å². The van der Waals surface area contributed by atoms with Gasteiger partial charge in [0.05, 0.1) is 23.6 Å². The molecule has 3 aliphatic rings. The fourth-order valence-electron chi connectivity index (χ4n) is 5.87. The maximum absolute atomic E-state index is 14.0. The standard InChI is InChI=1S/C28H19Cl2NO5/c1-13-9-14(2)11-16(10-13)31-26(34)21-22(27(31)35)28(24(32)17-5-3-4-6-18(17)25(28)33)36-23(21)19-8-7-15(29)12-20(19)30/h3-12,21-23H,1-2H3/t21-,22+,23+/m1/s1. The van der Waals surface area contributed by atoms with Crippen LogP contribution in [0.3, 0.4) is 0 Å². The van der Waals surface area contributed by atoms with Crippen LogP contribution in [-0.2, 0) is 14.3 Å². The SMILES string of the molecule is Cc1cc(C)cc(N2C(=O)[C@@H]3[C@@H](C2=O)C2(O[C@H]3c3ccc(Cl)cc3Cl)C(=O)c3ccccc3C2=O)c1. The topological polar surface area (TPSA) is 80.8 Å². The number of nitrogens with zero attached hydrogens (tertiary/aromatic N) is 1. The molecule has 2 amide bonds. The first-order chi connectivity index (χ1) is 17.1. The largest absolute Gasteiger partial charge is 0.349 e. The third-order valence-corrected chi connectivity index (χ3v) is 7.82. The monoisotopic (exact) mass is 519 g/mol. The summed E-state index contributed by atoms with van der Waals surface area (Å²) in [7, 11) is 0. The third-order valence-electron chi connectivity index (χ3n) is 7.25. The smallest absolute Gasteiger partial charge is 0.241 e. The van der Waals surface area contributed by atoms with Crippen LogP contribution in [0.2, 0.25) is 10.0 Å². The van der Waals surface area contributed by atoms with E-state index in [9.17, 15) is 19.2 Å². The number of fused-ring (bicyclic) bond motifs is 3. The van der Waals surface area contributed by atoms with Gasteiger partial charge in [-0.15, -0.1) is 0 Å². The highest BCUT2D eigenvalue weighted by molar-refractivity contribution is 6.37. The van der Waals surface area contributed by atoms with E-state index in [1.807, 2.05) is 19.9 Å². The number of rotatable bonds is 2. The minimum Gasteiger partial charge on any atom is -0.349 e. The number of hydrogen-bond acceptors (Lipinski definition) is 5. The van der Waals surface area contributed by atoms with E-state index in [-0.39, 0.29) is 16.1 Å². The van der Waals surface area contributed by atoms with Crippen LogP contribution in [0.25, 0.3) is 0 Å². The number of hydrogen-bond donors (Lipinski definition) is 0. The van der Waals surface area contributed by atoms with Gasteiger partial charge < -0.3 is 4.74 Å². The number of Topliss-reactive ketones (excluding diaryl/α,β-unsaturated/α-hetero) is 2. The van der Waals surface area contributed by atoms with Gasteiger partial charge in [0, 0.05) is 26.7 Å². The summed E-state index contributed by atoms with van der Waals surface area (Å²) in [5, 5.41) is 0.586. The van der Waals surface area contributed by atoms with Crippen molar-refractivity contribution in [2.45, 2.75) is 25.6 Å². The summed E-state index contributed by atoms with van der Waals surface area (Å²) in [6, 6.07) is 16.4. The predicted molar refractivity (Wildman–Crippen MR) is 134 cm³/mol. The van der Waals surface area contributed by atoms with Gasteiger partial charge in [-0.2, -0.15) is 0 Å². The zero-order valence-electron chi connectivity index (χ0n) is 19.2. The summed E-state index contributed by atoms with van der Waals surface area (Å²) >= 11 is 12.6. The molecule has 0 N–H and O–H groups in total. The Hall–Kier alpha value is -3.32. The highest BCUT2D eigenvalue weighted by Gasteiger charge is 2.74. The molecule has 0 radical (unpaired) electrons. The van der Waals surface area contributed by atoms with Crippen molar-refractivity contribution >= 4 is 52.3 Å². The molecule has 6 rings (SSSR count). The number of anilines is 1. The molecular weight excluding hydrogens is 501 g/mol. The van der Waals surface area contributed by atoms with Gasteiger partial charge in [0.2, 0.25) is 29.0 Å². The van der Waals surface area contributed by atoms with E-state index in [4.69, 9.17) is 27.9 Å². The number of aryl methyl sites for hydroxylation is 2. The van der Waals surface area contributed by atoms with E-state index in [0.717, 1.165) is 16.0 Å². The van der Waals surface area contributed by atoms with Crippen LogP contribution in [0, 0.1) is 25.7 Å². The minimum absolute atomic E-state index is 0.175. The van der Waals surface area contributed by atoms with E-state index in [0.29, 0.717) is 16.3 Å². The van der Waals surface area contributed by atoms with E-state index >= 15 is 0 Å². The van der Waals surface area contributed by atoms with Gasteiger partial charge in [-0.05, 0) is 49.2 Å². The Morgan fingerprint density at radius 1 is 0.806 bits per heavy atom. The van der Waals surface area contributed by atoms with E-state index < -0.39 is 46.9 Å². The number of halogens is 2. The van der Waals surface area contributed by atoms with Crippen LogP contribution in [0.1, 0.15) is 43.5 Å². The van der Waals surface area contributed by atoms with Crippen molar-refractivity contribution < 1.29 is 23.9 Å². The van der Waals surface area contributed by atoms with Crippen LogP contribution >= 0.6 is 23.2 Å². The van der Waals surface area contributed by atoms with Crippen molar-refractivity contribution in [3.8, 4) is 0 Å². The summed E-state index contributed by atoms with van der Waals surface area (Å²) in [5.41, 5.74) is 0.708. The summed E-state index contributed by atoms with van der Waals surface area (Å²) in [6.45, 7) is 3.73. The molecule has 180 valence electrons. The Morgan fingerprint density at radius 2 is 1.42 bits per heavy atom. The Bertz CT molecular complexity index is 1470. The first-order valence-corrected chi connectivity index (χ1v) is 12.2. The Labute approximate surface area is 216 Å². The van der Waals surface area contributed by atoms with Gasteiger partial charge >= 0.3 is 0 Å². The van der Waals surface area contributed by atoms with Crippen molar-refractivity contribution in [3.63, 3.8) is 0 Å². The van der Waals surface area contributed by atoms with Crippen molar-refractivity contribution in [1.29, 1.82) is 0 Å². The van der Waals surface area contributed by atoms with E-state index in [1.54, 1.807) is 36.4 Å². The van der Waals surface area contributed by atoms with Crippen molar-refractivity contribution in [3.05, 3.63) is 98.5 Å². The zero-order chi connectivity index (χ0) is 25.5. The molecule has 3 atom stereocenters. The second kappa shape index (κ2) is 7.84. The molecule has 0 saturated carbocycles. The normalized spacial score (nSPS) is 24.1. The molecule has 6 nitrogen and oxygen atoms in total. The molecule has 3 aromatic carbocycles. The Morgan fingerprint density at radius 3 is 2.00 bits per heavy atom. The highest BCUT2D eigenvalue weighted by atomic mass is 35.5. The Balaban J connectivity index is 1.57. The predicted octanol–water partition coefficient (Wildman–Crippen LogP) is 5.31. The molecular formula is C28H19Cl2NO5. The highest BCUT2D eigenvalue weighted by Crippen LogP contribution is 2.58. The lowest BCUT2D eigenvalue weighted by atomic mass is 9.77. The number of ether oxygens (including phenoxy) is 1. The number of imide groups is 1. The Kier molecular flexibility index (Phi) is 5.03. The number of ketones is 2. The summed E-state index contributed by atoms with van der Waals surface area (Å²) in [5.74, 6) is -4.88. The lowest BCUT2D eigenvalue weighted by molar-refractivity contribution is -0.127. The van der Waals surface area contributed by atoms with Gasteiger partial charge in [-0.1, -0.05) is 59.6 Å². The molecule has 2 saturated heterocycles. The molecule has 1 aliphatic carbocycles. The summed E-state index contributed by atoms with van der Waals surface area (Å²) < 4.78 is 6.27. The van der Waals surface area contributed by atoms with Gasteiger partial charge in [-0.25, -0.2) is 4.90 Å². The molecule has 0 unspecified atom stereocenters.